The van der Waals surface area contributed by atoms with Crippen molar-refractivity contribution < 1.29 is 4.79 Å². The zero-order valence-corrected chi connectivity index (χ0v) is 14.5. The van der Waals surface area contributed by atoms with E-state index in [9.17, 15) is 4.79 Å². The smallest absolute Gasteiger partial charge is 0.190 e. The van der Waals surface area contributed by atoms with Crippen LogP contribution in [0.4, 0.5) is 0 Å². The SMILES string of the molecule is CN(C)C=C1C[C@@H](c2ccc(Cl)c(Cl)c2)c2ccccc2C1=O. The van der Waals surface area contributed by atoms with Crippen LogP contribution in [-0.2, 0) is 0 Å². The Morgan fingerprint density at radius 1 is 1.09 bits per heavy atom. The van der Waals surface area contributed by atoms with E-state index < -0.39 is 0 Å². The van der Waals surface area contributed by atoms with Crippen molar-refractivity contribution in [3.63, 3.8) is 0 Å². The second-order valence-electron chi connectivity index (χ2n) is 5.96. The van der Waals surface area contributed by atoms with Crippen molar-refractivity contribution in [3.05, 3.63) is 81.0 Å². The van der Waals surface area contributed by atoms with Crippen LogP contribution in [0.5, 0.6) is 0 Å². The molecule has 23 heavy (non-hydrogen) atoms. The minimum absolute atomic E-state index is 0.102. The number of fused-ring (bicyclic) bond motifs is 1. The highest BCUT2D eigenvalue weighted by atomic mass is 35.5. The second kappa shape index (κ2) is 6.38. The Hall–Kier alpha value is -1.77. The number of halogens is 2. The average molecular weight is 346 g/mol. The minimum atomic E-state index is 0.102. The van der Waals surface area contributed by atoms with Gasteiger partial charge in [-0.25, -0.2) is 0 Å². The third kappa shape index (κ3) is 3.15. The van der Waals surface area contributed by atoms with Crippen molar-refractivity contribution in [2.45, 2.75) is 12.3 Å². The van der Waals surface area contributed by atoms with Gasteiger partial charge in [-0.3, -0.25) is 4.79 Å². The highest BCUT2D eigenvalue weighted by Crippen LogP contribution is 2.40. The molecule has 2 aromatic rings. The fourth-order valence-corrected chi connectivity index (χ4v) is 3.36. The van der Waals surface area contributed by atoms with Gasteiger partial charge in [0.05, 0.1) is 10.0 Å². The molecule has 0 saturated carbocycles. The van der Waals surface area contributed by atoms with E-state index in [1.54, 1.807) is 0 Å². The van der Waals surface area contributed by atoms with Crippen molar-refractivity contribution in [1.82, 2.24) is 4.90 Å². The molecule has 0 unspecified atom stereocenters. The van der Waals surface area contributed by atoms with Gasteiger partial charge in [0.1, 0.15) is 0 Å². The van der Waals surface area contributed by atoms with Gasteiger partial charge >= 0.3 is 0 Å². The summed E-state index contributed by atoms with van der Waals surface area (Å²) in [4.78, 5) is 14.6. The van der Waals surface area contributed by atoms with E-state index in [1.807, 2.05) is 67.7 Å². The summed E-state index contributed by atoms with van der Waals surface area (Å²) in [6.45, 7) is 0. The predicted molar refractivity (Wildman–Crippen MR) is 95.5 cm³/mol. The van der Waals surface area contributed by atoms with Crippen molar-refractivity contribution in [2.75, 3.05) is 14.1 Å². The number of ketones is 1. The summed E-state index contributed by atoms with van der Waals surface area (Å²) in [6, 6.07) is 13.5. The van der Waals surface area contributed by atoms with Gasteiger partial charge in [-0.05, 0) is 29.7 Å². The van der Waals surface area contributed by atoms with E-state index in [1.165, 1.54) is 0 Å². The van der Waals surface area contributed by atoms with Crippen molar-refractivity contribution in [2.24, 2.45) is 0 Å². The van der Waals surface area contributed by atoms with Crippen molar-refractivity contribution in [1.29, 1.82) is 0 Å². The number of carbonyl (C=O) groups is 1. The molecule has 3 rings (SSSR count). The highest BCUT2D eigenvalue weighted by molar-refractivity contribution is 6.42. The number of benzene rings is 2. The lowest BCUT2D eigenvalue weighted by Gasteiger charge is -2.28. The summed E-state index contributed by atoms with van der Waals surface area (Å²) in [6.07, 6.45) is 2.56. The third-order valence-corrected chi connectivity index (χ3v) is 4.80. The minimum Gasteiger partial charge on any atom is -0.383 e. The number of rotatable bonds is 2. The van der Waals surface area contributed by atoms with Crippen LogP contribution in [0.1, 0.15) is 33.8 Å². The summed E-state index contributed by atoms with van der Waals surface area (Å²) in [5.41, 5.74) is 3.70. The molecule has 2 nitrogen and oxygen atoms in total. The summed E-state index contributed by atoms with van der Waals surface area (Å²) < 4.78 is 0. The summed E-state index contributed by atoms with van der Waals surface area (Å²) in [7, 11) is 3.85. The summed E-state index contributed by atoms with van der Waals surface area (Å²) >= 11 is 12.2. The van der Waals surface area contributed by atoms with Crippen LogP contribution in [0.3, 0.4) is 0 Å². The zero-order chi connectivity index (χ0) is 16.6. The molecule has 0 N–H and O–H groups in total. The fraction of sp³-hybridized carbons (Fsp3) is 0.211. The first kappa shape index (κ1) is 16.1. The molecule has 0 spiro atoms. The largest absolute Gasteiger partial charge is 0.383 e. The molecule has 0 amide bonds. The molecule has 1 atom stereocenters. The Morgan fingerprint density at radius 3 is 2.52 bits per heavy atom. The molecule has 0 radical (unpaired) electrons. The monoisotopic (exact) mass is 345 g/mol. The molecule has 0 bridgehead atoms. The molecule has 118 valence electrons. The molecule has 4 heteroatoms. The van der Waals surface area contributed by atoms with Crippen LogP contribution in [-0.4, -0.2) is 24.8 Å². The maximum absolute atomic E-state index is 12.7. The van der Waals surface area contributed by atoms with Crippen LogP contribution >= 0.6 is 23.2 Å². The van der Waals surface area contributed by atoms with Crippen molar-refractivity contribution >= 4 is 29.0 Å². The number of nitrogens with zero attached hydrogens (tertiary/aromatic N) is 1. The molecule has 1 aliphatic carbocycles. The molecule has 0 heterocycles. The Kier molecular flexibility index (Phi) is 4.47. The molecule has 0 fully saturated rings. The van der Waals surface area contributed by atoms with Gasteiger partial charge in [-0.15, -0.1) is 0 Å². The van der Waals surface area contributed by atoms with Gasteiger partial charge in [0, 0.05) is 37.3 Å². The first-order valence-electron chi connectivity index (χ1n) is 7.43. The van der Waals surface area contributed by atoms with E-state index in [0.29, 0.717) is 16.5 Å². The average Bonchev–Trinajstić information content (AvgIpc) is 2.52. The Bertz CT molecular complexity index is 796. The normalized spacial score (nSPS) is 18.9. The quantitative estimate of drug-likeness (QED) is 0.701. The van der Waals surface area contributed by atoms with Crippen LogP contribution < -0.4 is 0 Å². The van der Waals surface area contributed by atoms with Gasteiger partial charge in [0.2, 0.25) is 0 Å². The summed E-state index contributed by atoms with van der Waals surface area (Å²) in [5.74, 6) is 0.204. The molecular weight excluding hydrogens is 329 g/mol. The maximum Gasteiger partial charge on any atom is 0.190 e. The van der Waals surface area contributed by atoms with Gasteiger partial charge in [-0.2, -0.15) is 0 Å². The predicted octanol–water partition coefficient (Wildman–Crippen LogP) is 5.16. The first-order valence-corrected chi connectivity index (χ1v) is 8.18. The number of carbonyl (C=O) groups excluding carboxylic acids is 1. The Balaban J connectivity index is 2.14. The van der Waals surface area contributed by atoms with E-state index in [4.69, 9.17) is 23.2 Å². The Morgan fingerprint density at radius 2 is 1.83 bits per heavy atom. The lowest BCUT2D eigenvalue weighted by atomic mass is 9.76. The third-order valence-electron chi connectivity index (χ3n) is 4.06. The Labute approximate surface area is 146 Å². The van der Waals surface area contributed by atoms with Crippen LogP contribution in [0.25, 0.3) is 0 Å². The van der Waals surface area contributed by atoms with Gasteiger partial charge in [0.15, 0.2) is 5.78 Å². The second-order valence-corrected chi connectivity index (χ2v) is 6.78. The molecule has 1 aliphatic rings. The fourth-order valence-electron chi connectivity index (χ4n) is 3.05. The number of hydrogen-bond acceptors (Lipinski definition) is 2. The molecule has 2 aromatic carbocycles. The van der Waals surface area contributed by atoms with E-state index in [-0.39, 0.29) is 11.7 Å². The summed E-state index contributed by atoms with van der Waals surface area (Å²) in [5, 5.41) is 1.08. The topological polar surface area (TPSA) is 20.3 Å². The molecule has 0 aromatic heterocycles. The lowest BCUT2D eigenvalue weighted by Crippen LogP contribution is -2.21. The zero-order valence-electron chi connectivity index (χ0n) is 13.0. The lowest BCUT2D eigenvalue weighted by molar-refractivity contribution is 0.102. The number of Topliss-reactive ketones (excluding diaryl/α,β-unsaturated/α-hetero) is 1. The maximum atomic E-state index is 12.7. The molecular formula is C19H17Cl2NO. The number of hydrogen-bond donors (Lipinski definition) is 0. The molecule has 0 aliphatic heterocycles. The van der Waals surface area contributed by atoms with E-state index in [0.717, 1.165) is 22.3 Å². The van der Waals surface area contributed by atoms with Gasteiger partial charge in [-0.1, -0.05) is 53.5 Å². The van der Waals surface area contributed by atoms with Crippen LogP contribution in [0, 0.1) is 0 Å². The van der Waals surface area contributed by atoms with E-state index in [2.05, 4.69) is 0 Å². The molecule has 0 saturated heterocycles. The van der Waals surface area contributed by atoms with Gasteiger partial charge < -0.3 is 4.90 Å². The highest BCUT2D eigenvalue weighted by Gasteiger charge is 2.30. The van der Waals surface area contributed by atoms with Gasteiger partial charge in [0.25, 0.3) is 0 Å². The number of allylic oxidation sites excluding steroid dienone is 1. The van der Waals surface area contributed by atoms with Crippen LogP contribution in [0.2, 0.25) is 10.0 Å². The first-order chi connectivity index (χ1) is 11.0. The van der Waals surface area contributed by atoms with Crippen LogP contribution in [0.15, 0.2) is 54.2 Å². The standard InChI is InChI=1S/C19H17Cl2NO/c1-22(2)11-13-9-16(12-7-8-17(20)18(21)10-12)14-5-3-4-6-15(14)19(13)23/h3-8,10-11,16H,9H2,1-2H3/t16-/m0/s1. The van der Waals surface area contributed by atoms with E-state index >= 15 is 0 Å². The van der Waals surface area contributed by atoms with Crippen molar-refractivity contribution in [3.8, 4) is 0 Å².